The van der Waals surface area contributed by atoms with Gasteiger partial charge in [0.1, 0.15) is 12.2 Å². The molecule has 0 fully saturated rings. The van der Waals surface area contributed by atoms with Crippen LogP contribution in [0.3, 0.4) is 0 Å². The van der Waals surface area contributed by atoms with Crippen molar-refractivity contribution in [3.63, 3.8) is 0 Å². The third-order valence-electron chi connectivity index (χ3n) is 3.52. The number of hydrazine groups is 1. The Bertz CT molecular complexity index is 521. The molecule has 0 aliphatic carbocycles. The number of hydrogen-bond donors (Lipinski definition) is 2. The minimum atomic E-state index is -3.25. The maximum atomic E-state index is 11.9. The van der Waals surface area contributed by atoms with Crippen LogP contribution in [-0.4, -0.2) is 40.2 Å². The monoisotopic (exact) mass is 289 g/mol. The van der Waals surface area contributed by atoms with Crippen LogP contribution in [0, 0.1) is 0 Å². The van der Waals surface area contributed by atoms with Gasteiger partial charge >= 0.3 is 0 Å². The van der Waals surface area contributed by atoms with Gasteiger partial charge in [0, 0.05) is 24.8 Å². The van der Waals surface area contributed by atoms with Gasteiger partial charge in [0.2, 0.25) is 0 Å². The van der Waals surface area contributed by atoms with E-state index in [0.29, 0.717) is 6.42 Å². The van der Waals surface area contributed by atoms with E-state index in [-0.39, 0.29) is 6.04 Å². The molecule has 0 aliphatic heterocycles. The summed E-state index contributed by atoms with van der Waals surface area (Å²) in [6.07, 6.45) is 3.08. The summed E-state index contributed by atoms with van der Waals surface area (Å²) in [4.78, 5) is 4.18. The summed E-state index contributed by atoms with van der Waals surface area (Å²) in [5, 5.41) is 4.13. The zero-order valence-electron chi connectivity index (χ0n) is 12.1. The zero-order valence-corrected chi connectivity index (χ0v) is 12.9. The Labute approximate surface area is 114 Å². The maximum Gasteiger partial charge on any atom is 0.154 e. The van der Waals surface area contributed by atoms with Crippen LogP contribution in [0.4, 0.5) is 0 Å². The third kappa shape index (κ3) is 3.31. The Morgan fingerprint density at radius 3 is 2.47 bits per heavy atom. The first kappa shape index (κ1) is 16.1. The summed E-state index contributed by atoms with van der Waals surface area (Å²) in [7, 11) is -3.25. The summed E-state index contributed by atoms with van der Waals surface area (Å²) in [5.74, 6) is 6.24. The molecule has 8 heteroatoms. The average molecular weight is 289 g/mol. The summed E-state index contributed by atoms with van der Waals surface area (Å²) < 4.78 is 24.5. The van der Waals surface area contributed by atoms with Crippen molar-refractivity contribution in [2.75, 3.05) is 6.26 Å². The van der Waals surface area contributed by atoms with E-state index in [1.54, 1.807) is 18.5 Å². The second-order valence-corrected chi connectivity index (χ2v) is 8.11. The molecule has 0 saturated carbocycles. The van der Waals surface area contributed by atoms with Crippen LogP contribution in [0.15, 0.2) is 6.33 Å². The fraction of sp³-hybridized carbons (Fsp3) is 0.818. The van der Waals surface area contributed by atoms with Crippen LogP contribution in [0.5, 0.6) is 0 Å². The average Bonchev–Trinajstić information content (AvgIpc) is 2.71. The number of nitrogens with zero attached hydrogens (tertiary/aromatic N) is 3. The lowest BCUT2D eigenvalue weighted by Crippen LogP contribution is -2.55. The number of rotatable bonds is 6. The second kappa shape index (κ2) is 5.56. The van der Waals surface area contributed by atoms with Gasteiger partial charge in [-0.1, -0.05) is 0 Å². The molecule has 0 amide bonds. The van der Waals surface area contributed by atoms with Crippen molar-refractivity contribution >= 4 is 9.84 Å². The molecule has 1 atom stereocenters. The van der Waals surface area contributed by atoms with Crippen molar-refractivity contribution in [3.8, 4) is 0 Å². The number of hydrogen-bond acceptors (Lipinski definition) is 6. The SMILES string of the molecule is CC(C)n1ncnc1CC(NN)C(C)(C)S(C)(=O)=O. The van der Waals surface area contributed by atoms with Gasteiger partial charge in [-0.05, 0) is 27.7 Å². The predicted molar refractivity (Wildman–Crippen MR) is 74.1 cm³/mol. The Balaban J connectivity index is 3.04. The van der Waals surface area contributed by atoms with E-state index in [1.807, 2.05) is 13.8 Å². The molecular formula is C11H23N5O2S. The largest absolute Gasteiger partial charge is 0.271 e. The van der Waals surface area contributed by atoms with E-state index in [2.05, 4.69) is 15.5 Å². The minimum Gasteiger partial charge on any atom is -0.271 e. The Morgan fingerprint density at radius 1 is 1.47 bits per heavy atom. The predicted octanol–water partition coefficient (Wildman–Crippen LogP) is 0.0566. The van der Waals surface area contributed by atoms with Crippen molar-refractivity contribution in [1.29, 1.82) is 0 Å². The highest BCUT2D eigenvalue weighted by Gasteiger charge is 2.39. The van der Waals surface area contributed by atoms with Gasteiger partial charge in [-0.25, -0.2) is 18.1 Å². The summed E-state index contributed by atoms with van der Waals surface area (Å²) in [6.45, 7) is 7.29. The summed E-state index contributed by atoms with van der Waals surface area (Å²) >= 11 is 0. The lowest BCUT2D eigenvalue weighted by Gasteiger charge is -2.32. The Hall–Kier alpha value is -0.990. The molecule has 1 unspecified atom stereocenters. The highest BCUT2D eigenvalue weighted by Crippen LogP contribution is 2.22. The maximum absolute atomic E-state index is 11.9. The Morgan fingerprint density at radius 2 is 2.05 bits per heavy atom. The van der Waals surface area contributed by atoms with Crippen molar-refractivity contribution < 1.29 is 8.42 Å². The minimum absolute atomic E-state index is 0.164. The molecule has 1 aromatic rings. The molecule has 0 spiro atoms. The number of nitrogens with one attached hydrogen (secondary N) is 1. The van der Waals surface area contributed by atoms with Gasteiger partial charge in [-0.3, -0.25) is 11.3 Å². The fourth-order valence-electron chi connectivity index (χ4n) is 1.80. The second-order valence-electron chi connectivity index (χ2n) is 5.51. The van der Waals surface area contributed by atoms with Crippen molar-refractivity contribution in [2.24, 2.45) is 5.84 Å². The van der Waals surface area contributed by atoms with Crippen LogP contribution in [-0.2, 0) is 16.3 Å². The molecule has 1 aromatic heterocycles. The van der Waals surface area contributed by atoms with E-state index >= 15 is 0 Å². The van der Waals surface area contributed by atoms with E-state index in [0.717, 1.165) is 5.82 Å². The molecule has 3 N–H and O–H groups in total. The van der Waals surface area contributed by atoms with Gasteiger partial charge in [-0.2, -0.15) is 5.10 Å². The van der Waals surface area contributed by atoms with E-state index in [4.69, 9.17) is 5.84 Å². The molecule has 1 heterocycles. The van der Waals surface area contributed by atoms with Crippen LogP contribution >= 0.6 is 0 Å². The molecule has 0 bridgehead atoms. The first-order valence-corrected chi connectivity index (χ1v) is 8.04. The molecule has 0 aliphatic rings. The lowest BCUT2D eigenvalue weighted by atomic mass is 10.00. The fourth-order valence-corrected chi connectivity index (χ4v) is 2.47. The van der Waals surface area contributed by atoms with Crippen LogP contribution in [0.2, 0.25) is 0 Å². The third-order valence-corrected chi connectivity index (χ3v) is 5.71. The molecule has 110 valence electrons. The first-order valence-electron chi connectivity index (χ1n) is 6.15. The van der Waals surface area contributed by atoms with Crippen LogP contribution < -0.4 is 11.3 Å². The molecule has 0 saturated heterocycles. The van der Waals surface area contributed by atoms with Gasteiger partial charge in [-0.15, -0.1) is 0 Å². The summed E-state index contributed by atoms with van der Waals surface area (Å²) in [5.41, 5.74) is 2.59. The topological polar surface area (TPSA) is 103 Å². The smallest absolute Gasteiger partial charge is 0.154 e. The molecule has 1 rings (SSSR count). The van der Waals surface area contributed by atoms with E-state index in [9.17, 15) is 8.42 Å². The molecule has 0 radical (unpaired) electrons. The zero-order chi connectivity index (χ0) is 14.8. The van der Waals surface area contributed by atoms with Gasteiger partial charge in [0.05, 0.1) is 4.75 Å². The Kier molecular flexibility index (Phi) is 4.70. The van der Waals surface area contributed by atoms with Crippen molar-refractivity contribution in [1.82, 2.24) is 20.2 Å². The van der Waals surface area contributed by atoms with E-state index in [1.165, 1.54) is 12.6 Å². The number of nitrogens with two attached hydrogens (primary N) is 1. The first-order chi connectivity index (χ1) is 8.61. The normalized spacial score (nSPS) is 14.9. The quantitative estimate of drug-likeness (QED) is 0.567. The molecule has 0 aromatic carbocycles. The van der Waals surface area contributed by atoms with E-state index < -0.39 is 20.6 Å². The lowest BCUT2D eigenvalue weighted by molar-refractivity contribution is 0.392. The molecule has 7 nitrogen and oxygen atoms in total. The van der Waals surface area contributed by atoms with Gasteiger partial charge < -0.3 is 0 Å². The van der Waals surface area contributed by atoms with Crippen LogP contribution in [0.25, 0.3) is 0 Å². The highest BCUT2D eigenvalue weighted by molar-refractivity contribution is 7.92. The summed E-state index contributed by atoms with van der Waals surface area (Å²) in [6, 6.07) is -0.276. The van der Waals surface area contributed by atoms with Crippen LogP contribution in [0.1, 0.15) is 39.6 Å². The van der Waals surface area contributed by atoms with Gasteiger partial charge in [0.25, 0.3) is 0 Å². The highest BCUT2D eigenvalue weighted by atomic mass is 32.2. The van der Waals surface area contributed by atoms with Gasteiger partial charge in [0.15, 0.2) is 9.84 Å². The van der Waals surface area contributed by atoms with Crippen molar-refractivity contribution in [3.05, 3.63) is 12.2 Å². The number of aromatic nitrogens is 3. The molecule has 19 heavy (non-hydrogen) atoms. The number of sulfone groups is 1. The standard InChI is InChI=1S/C11H23N5O2S/c1-8(2)16-10(13-7-14-16)6-9(15-12)11(3,4)19(5,17)18/h7-9,15H,6,12H2,1-5H3. The van der Waals surface area contributed by atoms with Crippen molar-refractivity contribution in [2.45, 2.75) is 50.9 Å². The molecular weight excluding hydrogens is 266 g/mol.